The summed E-state index contributed by atoms with van der Waals surface area (Å²) in [7, 11) is 0. The molecule has 0 aromatic carbocycles. The number of hydrogen-bond acceptors (Lipinski definition) is 3. The van der Waals surface area contributed by atoms with Gasteiger partial charge in [0.05, 0.1) is 8.66 Å². The third-order valence-electron chi connectivity index (χ3n) is 3.21. The molecular formula is C14H12Br2N2OS. The van der Waals surface area contributed by atoms with Crippen molar-refractivity contribution in [3.8, 4) is 0 Å². The first-order valence-corrected chi connectivity index (χ1v) is 8.70. The minimum absolute atomic E-state index is 0.112. The Morgan fingerprint density at radius 3 is 2.60 bits per heavy atom. The van der Waals surface area contributed by atoms with Crippen LogP contribution < -0.4 is 0 Å². The minimum atomic E-state index is 0.112. The van der Waals surface area contributed by atoms with Crippen molar-refractivity contribution < 1.29 is 4.79 Å². The fourth-order valence-corrected chi connectivity index (χ4v) is 4.02. The molecule has 1 aliphatic carbocycles. The summed E-state index contributed by atoms with van der Waals surface area (Å²) >= 11 is 8.36. The van der Waals surface area contributed by atoms with Crippen LogP contribution in [0.25, 0.3) is 0 Å². The van der Waals surface area contributed by atoms with E-state index in [2.05, 4.69) is 36.8 Å². The molecule has 20 heavy (non-hydrogen) atoms. The third kappa shape index (κ3) is 3.13. The minimum Gasteiger partial charge on any atom is -0.331 e. The van der Waals surface area contributed by atoms with Crippen molar-refractivity contribution in [2.24, 2.45) is 0 Å². The number of pyridine rings is 1. The second-order valence-corrected chi connectivity index (χ2v) is 7.98. The van der Waals surface area contributed by atoms with E-state index in [0.29, 0.717) is 12.6 Å². The van der Waals surface area contributed by atoms with E-state index in [4.69, 9.17) is 0 Å². The van der Waals surface area contributed by atoms with Crippen LogP contribution in [0.4, 0.5) is 0 Å². The van der Waals surface area contributed by atoms with E-state index >= 15 is 0 Å². The molecule has 3 rings (SSSR count). The average Bonchev–Trinajstić information content (AvgIpc) is 3.23. The number of halogens is 2. The van der Waals surface area contributed by atoms with Gasteiger partial charge in [-0.1, -0.05) is 0 Å². The van der Waals surface area contributed by atoms with Crippen LogP contribution in [0, 0.1) is 0 Å². The van der Waals surface area contributed by atoms with Crippen molar-refractivity contribution in [3.63, 3.8) is 0 Å². The van der Waals surface area contributed by atoms with Crippen LogP contribution in [-0.4, -0.2) is 21.8 Å². The number of amides is 1. The smallest absolute Gasteiger partial charge is 0.264 e. The molecule has 1 aliphatic rings. The van der Waals surface area contributed by atoms with Crippen LogP contribution in [0.3, 0.4) is 0 Å². The molecule has 2 aromatic rings. The Morgan fingerprint density at radius 1 is 1.35 bits per heavy atom. The number of carbonyl (C=O) groups excluding carboxylic acids is 1. The van der Waals surface area contributed by atoms with E-state index in [1.807, 2.05) is 23.1 Å². The van der Waals surface area contributed by atoms with Gasteiger partial charge in [-0.2, -0.15) is 0 Å². The second-order valence-electron chi connectivity index (χ2n) is 4.75. The molecule has 0 spiro atoms. The molecule has 1 fully saturated rings. The zero-order valence-corrected chi connectivity index (χ0v) is 14.5. The lowest BCUT2D eigenvalue weighted by molar-refractivity contribution is 0.0735. The normalized spacial score (nSPS) is 14.3. The van der Waals surface area contributed by atoms with Gasteiger partial charge in [-0.15, -0.1) is 11.3 Å². The third-order valence-corrected chi connectivity index (χ3v) is 6.45. The largest absolute Gasteiger partial charge is 0.331 e. The zero-order chi connectivity index (χ0) is 14.1. The van der Waals surface area contributed by atoms with E-state index in [1.165, 1.54) is 11.3 Å². The summed E-state index contributed by atoms with van der Waals surface area (Å²) in [5.74, 6) is 0.112. The highest BCUT2D eigenvalue weighted by Gasteiger charge is 2.33. The maximum atomic E-state index is 12.7. The summed E-state index contributed by atoms with van der Waals surface area (Å²) in [5, 5.41) is 0. The van der Waals surface area contributed by atoms with Crippen LogP contribution >= 0.6 is 43.2 Å². The molecule has 1 amide bonds. The lowest BCUT2D eigenvalue weighted by Crippen LogP contribution is -2.32. The molecule has 0 aliphatic heterocycles. The first-order valence-electron chi connectivity index (χ1n) is 6.30. The second kappa shape index (κ2) is 5.95. The van der Waals surface area contributed by atoms with Gasteiger partial charge >= 0.3 is 0 Å². The fourth-order valence-electron chi connectivity index (χ4n) is 2.03. The van der Waals surface area contributed by atoms with Gasteiger partial charge in [-0.3, -0.25) is 9.78 Å². The number of nitrogens with zero attached hydrogens (tertiary/aromatic N) is 2. The van der Waals surface area contributed by atoms with Gasteiger partial charge in [0, 0.05) is 29.5 Å². The molecule has 2 aromatic heterocycles. The Labute approximate surface area is 138 Å². The summed E-state index contributed by atoms with van der Waals surface area (Å²) < 4.78 is 1.89. The Bertz CT molecular complexity index is 606. The molecule has 104 valence electrons. The van der Waals surface area contributed by atoms with E-state index < -0.39 is 0 Å². The highest BCUT2D eigenvalue weighted by molar-refractivity contribution is 9.13. The van der Waals surface area contributed by atoms with Crippen LogP contribution in [0.1, 0.15) is 28.1 Å². The van der Waals surface area contributed by atoms with Gasteiger partial charge in [0.1, 0.15) is 0 Å². The zero-order valence-electron chi connectivity index (χ0n) is 10.6. The van der Waals surface area contributed by atoms with Crippen molar-refractivity contribution in [1.82, 2.24) is 9.88 Å². The highest BCUT2D eigenvalue weighted by Crippen LogP contribution is 2.36. The van der Waals surface area contributed by atoms with E-state index in [-0.39, 0.29) is 5.91 Å². The van der Waals surface area contributed by atoms with Crippen LogP contribution in [0.15, 0.2) is 38.9 Å². The number of thiophene rings is 1. The first-order chi connectivity index (χ1) is 9.65. The average molecular weight is 416 g/mol. The standard InChI is InChI=1S/C14H12Br2N2OS/c15-11-7-12(20-13(11)16)14(19)18(10-1-2-10)8-9-3-5-17-6-4-9/h3-7,10H,1-2,8H2. The quantitative estimate of drug-likeness (QED) is 0.737. The van der Waals surface area contributed by atoms with Gasteiger partial charge in [-0.25, -0.2) is 0 Å². The molecule has 0 saturated heterocycles. The van der Waals surface area contributed by atoms with Gasteiger partial charge < -0.3 is 4.90 Å². The summed E-state index contributed by atoms with van der Waals surface area (Å²) in [4.78, 5) is 19.4. The number of aromatic nitrogens is 1. The lowest BCUT2D eigenvalue weighted by Gasteiger charge is -2.21. The van der Waals surface area contributed by atoms with Gasteiger partial charge in [0.2, 0.25) is 0 Å². The molecule has 0 radical (unpaired) electrons. The number of rotatable bonds is 4. The molecule has 2 heterocycles. The van der Waals surface area contributed by atoms with Crippen molar-refractivity contribution in [2.75, 3.05) is 0 Å². The van der Waals surface area contributed by atoms with Crippen LogP contribution in [-0.2, 0) is 6.54 Å². The van der Waals surface area contributed by atoms with Crippen LogP contribution in [0.2, 0.25) is 0 Å². The molecule has 0 bridgehead atoms. The summed E-state index contributed by atoms with van der Waals surface area (Å²) in [5.41, 5.74) is 1.12. The monoisotopic (exact) mass is 414 g/mol. The number of carbonyl (C=O) groups is 1. The summed E-state index contributed by atoms with van der Waals surface area (Å²) in [6.45, 7) is 0.652. The molecule has 0 atom stereocenters. The molecule has 0 unspecified atom stereocenters. The van der Waals surface area contributed by atoms with E-state index in [1.54, 1.807) is 12.4 Å². The van der Waals surface area contributed by atoms with Crippen molar-refractivity contribution >= 4 is 49.1 Å². The molecule has 0 N–H and O–H groups in total. The van der Waals surface area contributed by atoms with E-state index in [9.17, 15) is 4.79 Å². The SMILES string of the molecule is O=C(c1cc(Br)c(Br)s1)N(Cc1ccncc1)C1CC1. The van der Waals surface area contributed by atoms with Gasteiger partial charge in [0.15, 0.2) is 0 Å². The van der Waals surface area contributed by atoms with Gasteiger partial charge in [-0.05, 0) is 68.5 Å². The fraction of sp³-hybridized carbons (Fsp3) is 0.286. The Kier molecular flexibility index (Phi) is 4.23. The van der Waals surface area contributed by atoms with Crippen molar-refractivity contribution in [2.45, 2.75) is 25.4 Å². The first kappa shape index (κ1) is 14.2. The molecule has 6 heteroatoms. The predicted molar refractivity (Wildman–Crippen MR) is 86.9 cm³/mol. The van der Waals surface area contributed by atoms with Crippen molar-refractivity contribution in [1.29, 1.82) is 0 Å². The molecule has 3 nitrogen and oxygen atoms in total. The Balaban J connectivity index is 1.82. The Hall–Kier alpha value is -0.720. The maximum absolute atomic E-state index is 12.7. The predicted octanol–water partition coefficient (Wildman–Crippen LogP) is 4.47. The highest BCUT2D eigenvalue weighted by atomic mass is 79.9. The summed E-state index contributed by atoms with van der Waals surface area (Å²) in [6.07, 6.45) is 5.74. The van der Waals surface area contributed by atoms with Crippen LogP contribution in [0.5, 0.6) is 0 Å². The number of hydrogen-bond donors (Lipinski definition) is 0. The van der Waals surface area contributed by atoms with E-state index in [0.717, 1.165) is 31.5 Å². The summed E-state index contributed by atoms with van der Waals surface area (Å²) in [6, 6.07) is 6.19. The van der Waals surface area contributed by atoms with Crippen molar-refractivity contribution in [3.05, 3.63) is 49.3 Å². The molecule has 1 saturated carbocycles. The molecular weight excluding hydrogens is 404 g/mol. The van der Waals surface area contributed by atoms with Gasteiger partial charge in [0.25, 0.3) is 5.91 Å². The Morgan fingerprint density at radius 2 is 2.05 bits per heavy atom. The topological polar surface area (TPSA) is 33.2 Å². The lowest BCUT2D eigenvalue weighted by atomic mass is 10.2. The maximum Gasteiger partial charge on any atom is 0.264 e.